The number of rotatable bonds is 3. The van der Waals surface area contributed by atoms with E-state index in [-0.39, 0.29) is 16.3 Å². The lowest BCUT2D eigenvalue weighted by Crippen LogP contribution is -2.14. The van der Waals surface area contributed by atoms with Crippen molar-refractivity contribution < 1.29 is 8.42 Å². The molecular formula is C10H10N4O2S. The highest BCUT2D eigenvalue weighted by Gasteiger charge is 2.16. The van der Waals surface area contributed by atoms with Crippen molar-refractivity contribution >= 4 is 21.4 Å². The highest BCUT2D eigenvalue weighted by molar-refractivity contribution is 7.92. The Bertz CT molecular complexity index is 613. The van der Waals surface area contributed by atoms with Crippen molar-refractivity contribution in [3.05, 3.63) is 43.0 Å². The second kappa shape index (κ2) is 4.38. The molecule has 0 amide bonds. The molecule has 1 aromatic carbocycles. The van der Waals surface area contributed by atoms with Gasteiger partial charge in [-0.2, -0.15) is 0 Å². The van der Waals surface area contributed by atoms with Crippen molar-refractivity contribution in [2.45, 2.75) is 4.90 Å². The Kier molecular flexibility index (Phi) is 2.92. The molecule has 0 fully saturated rings. The van der Waals surface area contributed by atoms with Gasteiger partial charge >= 0.3 is 0 Å². The van der Waals surface area contributed by atoms with Crippen LogP contribution >= 0.6 is 0 Å². The van der Waals surface area contributed by atoms with Crippen LogP contribution in [0, 0.1) is 0 Å². The maximum atomic E-state index is 12.0. The van der Waals surface area contributed by atoms with Gasteiger partial charge in [0.05, 0.1) is 23.8 Å². The molecule has 88 valence electrons. The topological polar surface area (TPSA) is 98.0 Å². The molecule has 7 heteroatoms. The molecule has 2 rings (SSSR count). The molecule has 0 aliphatic heterocycles. The normalized spacial score (nSPS) is 11.1. The van der Waals surface area contributed by atoms with Gasteiger partial charge in [0.1, 0.15) is 11.2 Å². The number of nitrogens with two attached hydrogens (primary N) is 1. The van der Waals surface area contributed by atoms with Gasteiger partial charge in [-0.15, -0.1) is 0 Å². The lowest BCUT2D eigenvalue weighted by Gasteiger charge is -2.08. The molecule has 0 aliphatic rings. The van der Waals surface area contributed by atoms with Gasteiger partial charge < -0.3 is 5.73 Å². The maximum Gasteiger partial charge on any atom is 0.264 e. The minimum Gasteiger partial charge on any atom is -0.398 e. The molecule has 0 saturated heterocycles. The molecule has 0 saturated carbocycles. The number of nitrogens with one attached hydrogen (secondary N) is 1. The summed E-state index contributed by atoms with van der Waals surface area (Å²) in [7, 11) is -3.70. The molecule has 3 N–H and O–H groups in total. The molecule has 1 heterocycles. The first-order chi connectivity index (χ1) is 8.09. The van der Waals surface area contributed by atoms with E-state index < -0.39 is 10.0 Å². The molecular weight excluding hydrogens is 240 g/mol. The fourth-order valence-corrected chi connectivity index (χ4v) is 2.45. The van der Waals surface area contributed by atoms with Gasteiger partial charge in [-0.25, -0.2) is 18.4 Å². The van der Waals surface area contributed by atoms with E-state index in [1.807, 2.05) is 0 Å². The van der Waals surface area contributed by atoms with E-state index in [9.17, 15) is 8.42 Å². The first-order valence-electron chi connectivity index (χ1n) is 4.72. The second-order valence-electron chi connectivity index (χ2n) is 3.27. The highest BCUT2D eigenvalue weighted by atomic mass is 32.2. The summed E-state index contributed by atoms with van der Waals surface area (Å²) >= 11 is 0. The third-order valence-corrected chi connectivity index (χ3v) is 3.48. The summed E-state index contributed by atoms with van der Waals surface area (Å²) < 4.78 is 26.3. The number of hydrogen-bond donors (Lipinski definition) is 2. The molecule has 1 aromatic heterocycles. The largest absolute Gasteiger partial charge is 0.398 e. The summed E-state index contributed by atoms with van der Waals surface area (Å²) in [4.78, 5) is 7.46. The first-order valence-corrected chi connectivity index (χ1v) is 6.20. The number of aromatic nitrogens is 2. The van der Waals surface area contributed by atoms with Crippen molar-refractivity contribution in [1.29, 1.82) is 0 Å². The fraction of sp³-hybridized carbons (Fsp3) is 0. The van der Waals surface area contributed by atoms with E-state index in [1.54, 1.807) is 12.1 Å². The van der Waals surface area contributed by atoms with E-state index >= 15 is 0 Å². The predicted molar refractivity (Wildman–Crippen MR) is 63.7 cm³/mol. The van der Waals surface area contributed by atoms with Gasteiger partial charge in [0.25, 0.3) is 10.0 Å². The van der Waals surface area contributed by atoms with Crippen LogP contribution in [0.1, 0.15) is 0 Å². The smallest absolute Gasteiger partial charge is 0.264 e. The minimum atomic E-state index is -3.70. The average Bonchev–Trinajstić information content (AvgIpc) is 2.30. The quantitative estimate of drug-likeness (QED) is 0.787. The lowest BCUT2D eigenvalue weighted by molar-refractivity contribution is 0.601. The van der Waals surface area contributed by atoms with Crippen molar-refractivity contribution in [3.63, 3.8) is 0 Å². The van der Waals surface area contributed by atoms with Gasteiger partial charge in [-0.05, 0) is 12.1 Å². The number of nitrogens with zero attached hydrogens (tertiary/aromatic N) is 2. The molecule has 6 nitrogen and oxygen atoms in total. The van der Waals surface area contributed by atoms with E-state index in [1.165, 1.54) is 30.9 Å². The van der Waals surface area contributed by atoms with Crippen LogP contribution in [0.2, 0.25) is 0 Å². The van der Waals surface area contributed by atoms with E-state index in [0.717, 1.165) is 0 Å². The SMILES string of the molecule is Nc1ccccc1S(=O)(=O)Nc1cncnc1. The standard InChI is InChI=1S/C10H10N4O2S/c11-9-3-1-2-4-10(9)17(15,16)14-8-5-12-7-13-6-8/h1-7,14H,11H2. The van der Waals surface area contributed by atoms with E-state index in [4.69, 9.17) is 5.73 Å². The van der Waals surface area contributed by atoms with Crippen molar-refractivity contribution in [1.82, 2.24) is 9.97 Å². The monoisotopic (exact) mass is 250 g/mol. The van der Waals surface area contributed by atoms with Gasteiger partial charge in [-0.3, -0.25) is 4.72 Å². The molecule has 0 aliphatic carbocycles. The summed E-state index contributed by atoms with van der Waals surface area (Å²) in [6.45, 7) is 0. The zero-order valence-electron chi connectivity index (χ0n) is 8.74. The van der Waals surface area contributed by atoms with E-state index in [0.29, 0.717) is 0 Å². The fourth-order valence-electron chi connectivity index (χ4n) is 1.29. The maximum absolute atomic E-state index is 12.0. The predicted octanol–water partition coefficient (Wildman–Crippen LogP) is 0.860. The third kappa shape index (κ3) is 2.51. The van der Waals surface area contributed by atoms with Crippen LogP contribution in [-0.4, -0.2) is 18.4 Å². The summed E-state index contributed by atoms with van der Waals surface area (Å²) in [6, 6.07) is 6.23. The average molecular weight is 250 g/mol. The summed E-state index contributed by atoms with van der Waals surface area (Å²) in [6.07, 6.45) is 4.04. The van der Waals surface area contributed by atoms with Crippen molar-refractivity contribution in [2.24, 2.45) is 0 Å². The van der Waals surface area contributed by atoms with Crippen LogP contribution in [-0.2, 0) is 10.0 Å². The van der Waals surface area contributed by atoms with Gasteiger partial charge in [0.2, 0.25) is 0 Å². The first kappa shape index (κ1) is 11.3. The van der Waals surface area contributed by atoms with Crippen molar-refractivity contribution in [3.8, 4) is 0 Å². The Morgan fingerprint density at radius 3 is 2.41 bits per heavy atom. The molecule has 2 aromatic rings. The number of anilines is 2. The summed E-state index contributed by atoms with van der Waals surface area (Å²) in [5.41, 5.74) is 6.09. The van der Waals surface area contributed by atoms with E-state index in [2.05, 4.69) is 14.7 Å². The number of benzene rings is 1. The Labute approximate surface area is 98.6 Å². The molecule has 17 heavy (non-hydrogen) atoms. The third-order valence-electron chi connectivity index (χ3n) is 2.02. The van der Waals surface area contributed by atoms with Gasteiger partial charge in [-0.1, -0.05) is 12.1 Å². The van der Waals surface area contributed by atoms with Crippen molar-refractivity contribution in [2.75, 3.05) is 10.5 Å². The lowest BCUT2D eigenvalue weighted by atomic mass is 10.3. The Morgan fingerprint density at radius 1 is 1.12 bits per heavy atom. The van der Waals surface area contributed by atoms with Gasteiger partial charge in [0.15, 0.2) is 0 Å². The number of sulfonamides is 1. The zero-order chi connectivity index (χ0) is 12.3. The van der Waals surface area contributed by atoms with Crippen LogP contribution in [0.3, 0.4) is 0 Å². The summed E-state index contributed by atoms with van der Waals surface area (Å²) in [5, 5.41) is 0. The second-order valence-corrected chi connectivity index (χ2v) is 4.92. The Hall–Kier alpha value is -2.15. The molecule has 0 bridgehead atoms. The highest BCUT2D eigenvalue weighted by Crippen LogP contribution is 2.19. The molecule has 0 unspecified atom stereocenters. The van der Waals surface area contributed by atoms with Crippen LogP contribution < -0.4 is 10.5 Å². The molecule has 0 atom stereocenters. The van der Waals surface area contributed by atoms with Crippen LogP contribution in [0.4, 0.5) is 11.4 Å². The number of para-hydroxylation sites is 1. The minimum absolute atomic E-state index is 0.0313. The Balaban J connectivity index is 2.36. The number of nitrogen functional groups attached to an aromatic ring is 1. The molecule has 0 radical (unpaired) electrons. The zero-order valence-corrected chi connectivity index (χ0v) is 9.55. The van der Waals surface area contributed by atoms with Crippen LogP contribution in [0.25, 0.3) is 0 Å². The summed E-state index contributed by atoms with van der Waals surface area (Å²) in [5.74, 6) is 0. The Morgan fingerprint density at radius 2 is 1.76 bits per heavy atom. The molecule has 0 spiro atoms. The number of hydrogen-bond acceptors (Lipinski definition) is 5. The van der Waals surface area contributed by atoms with Crippen LogP contribution in [0.5, 0.6) is 0 Å². The van der Waals surface area contributed by atoms with Crippen LogP contribution in [0.15, 0.2) is 47.9 Å². The van der Waals surface area contributed by atoms with Gasteiger partial charge in [0, 0.05) is 0 Å².